The van der Waals surface area contributed by atoms with Crippen LogP contribution in [-0.2, 0) is 30.3 Å². The van der Waals surface area contributed by atoms with Crippen molar-refractivity contribution < 1.29 is 33.9 Å². The lowest BCUT2D eigenvalue weighted by molar-refractivity contribution is -0.0292. The molecule has 7 heteroatoms. The van der Waals surface area contributed by atoms with Crippen molar-refractivity contribution in [2.24, 2.45) is 0 Å². The third-order valence-corrected chi connectivity index (χ3v) is 3.12. The first kappa shape index (κ1) is 22.0. The zero-order valence-corrected chi connectivity index (χ0v) is 14.7. The molecule has 1 aromatic rings. The summed E-state index contributed by atoms with van der Waals surface area (Å²) in [6, 6.07) is 10.0. The first-order valence-corrected chi connectivity index (χ1v) is 8.54. The van der Waals surface area contributed by atoms with Gasteiger partial charge in [0.2, 0.25) is 0 Å². The van der Waals surface area contributed by atoms with Crippen LogP contribution in [0.4, 0.5) is 0 Å². The fourth-order valence-corrected chi connectivity index (χ4v) is 1.81. The van der Waals surface area contributed by atoms with E-state index < -0.39 is 6.10 Å². The molecule has 0 saturated carbocycles. The lowest BCUT2D eigenvalue weighted by Crippen LogP contribution is -2.21. The van der Waals surface area contributed by atoms with Crippen LogP contribution in [0.15, 0.2) is 30.3 Å². The molecule has 0 aliphatic carbocycles. The van der Waals surface area contributed by atoms with E-state index in [4.69, 9.17) is 33.9 Å². The van der Waals surface area contributed by atoms with Gasteiger partial charge in [0.25, 0.3) is 0 Å². The minimum Gasteiger partial charge on any atom is -0.394 e. The lowest BCUT2D eigenvalue weighted by atomic mass is 10.2. The Hall–Kier alpha value is -1.06. The van der Waals surface area contributed by atoms with Crippen molar-refractivity contribution in [1.29, 1.82) is 0 Å². The molecule has 7 nitrogen and oxygen atoms in total. The van der Waals surface area contributed by atoms with Gasteiger partial charge in [-0.1, -0.05) is 30.3 Å². The molecule has 1 aromatic carbocycles. The van der Waals surface area contributed by atoms with Crippen LogP contribution in [0.2, 0.25) is 0 Å². The fraction of sp³-hybridized carbons (Fsp3) is 0.667. The van der Waals surface area contributed by atoms with E-state index in [1.165, 1.54) is 0 Å². The van der Waals surface area contributed by atoms with Gasteiger partial charge in [-0.3, -0.25) is 0 Å². The van der Waals surface area contributed by atoms with Crippen molar-refractivity contribution in [2.75, 3.05) is 66.1 Å². The molecular weight excluding hydrogens is 328 g/mol. The van der Waals surface area contributed by atoms with E-state index in [1.807, 2.05) is 30.3 Å². The minimum atomic E-state index is -0.827. The van der Waals surface area contributed by atoms with E-state index in [0.29, 0.717) is 59.5 Å². The number of ether oxygens (including phenoxy) is 5. The molecule has 1 atom stereocenters. The maximum atomic E-state index is 9.05. The van der Waals surface area contributed by atoms with Crippen molar-refractivity contribution >= 4 is 0 Å². The van der Waals surface area contributed by atoms with Crippen molar-refractivity contribution in [3.8, 4) is 0 Å². The molecule has 1 rings (SSSR count). The Morgan fingerprint density at radius 3 is 1.68 bits per heavy atom. The molecule has 0 heterocycles. The molecular formula is C18H30O7. The number of aliphatic hydroxyl groups is 2. The van der Waals surface area contributed by atoms with Crippen LogP contribution in [0, 0.1) is 0 Å². The molecule has 0 fully saturated rings. The van der Waals surface area contributed by atoms with Gasteiger partial charge in [-0.2, -0.15) is 0 Å². The maximum Gasteiger partial charge on any atom is 0.100 e. The number of hydrogen-bond acceptors (Lipinski definition) is 7. The zero-order valence-electron chi connectivity index (χ0n) is 14.7. The summed E-state index contributed by atoms with van der Waals surface area (Å²) < 4.78 is 26.7. The maximum absolute atomic E-state index is 9.05. The first-order chi connectivity index (χ1) is 12.3. The van der Waals surface area contributed by atoms with E-state index in [-0.39, 0.29) is 13.2 Å². The van der Waals surface area contributed by atoms with Gasteiger partial charge in [0.1, 0.15) is 6.10 Å². The highest BCUT2D eigenvalue weighted by Crippen LogP contribution is 1.99. The van der Waals surface area contributed by atoms with Crippen LogP contribution >= 0.6 is 0 Å². The summed E-state index contributed by atoms with van der Waals surface area (Å²) in [7, 11) is 0. The Bertz CT molecular complexity index is 388. The van der Waals surface area contributed by atoms with Crippen LogP contribution < -0.4 is 0 Å². The first-order valence-electron chi connectivity index (χ1n) is 8.54. The van der Waals surface area contributed by atoms with Gasteiger partial charge in [-0.15, -0.1) is 0 Å². The van der Waals surface area contributed by atoms with Crippen molar-refractivity contribution in [2.45, 2.75) is 12.7 Å². The Kier molecular flexibility index (Phi) is 14.4. The number of aliphatic hydroxyl groups excluding tert-OH is 2. The predicted octanol–water partition coefficient (Wildman–Crippen LogP) is 0.623. The standard InChI is InChI=1S/C18H30O7/c19-14-18(20)16-25-13-11-23-9-7-21-6-8-22-10-12-24-15-17-4-2-1-3-5-17/h1-5,18-20H,6-16H2/t18-/m0/s1. The number of rotatable bonds is 17. The number of benzene rings is 1. The van der Waals surface area contributed by atoms with Gasteiger partial charge in [-0.05, 0) is 5.56 Å². The summed E-state index contributed by atoms with van der Waals surface area (Å²) in [5.41, 5.74) is 1.15. The van der Waals surface area contributed by atoms with Crippen LogP contribution in [0.25, 0.3) is 0 Å². The average molecular weight is 358 g/mol. The summed E-state index contributed by atoms with van der Waals surface area (Å²) in [6.45, 7) is 4.34. The summed E-state index contributed by atoms with van der Waals surface area (Å²) >= 11 is 0. The normalized spacial score (nSPS) is 12.4. The molecule has 144 valence electrons. The van der Waals surface area contributed by atoms with Gasteiger partial charge >= 0.3 is 0 Å². The second kappa shape index (κ2) is 16.4. The minimum absolute atomic E-state index is 0.114. The summed E-state index contributed by atoms with van der Waals surface area (Å²) in [4.78, 5) is 0. The van der Waals surface area contributed by atoms with Crippen LogP contribution in [0.1, 0.15) is 5.56 Å². The van der Waals surface area contributed by atoms with Gasteiger partial charge in [0, 0.05) is 0 Å². The van der Waals surface area contributed by atoms with E-state index in [2.05, 4.69) is 0 Å². The SMILES string of the molecule is OC[C@H](O)COCCOCCOCCOCCOCc1ccccc1. The third kappa shape index (κ3) is 13.9. The molecule has 25 heavy (non-hydrogen) atoms. The van der Waals surface area contributed by atoms with Gasteiger partial charge < -0.3 is 33.9 Å². The van der Waals surface area contributed by atoms with Gasteiger partial charge in [-0.25, -0.2) is 0 Å². The van der Waals surface area contributed by atoms with E-state index >= 15 is 0 Å². The molecule has 2 N–H and O–H groups in total. The Morgan fingerprint density at radius 1 is 0.680 bits per heavy atom. The van der Waals surface area contributed by atoms with Crippen molar-refractivity contribution in [1.82, 2.24) is 0 Å². The monoisotopic (exact) mass is 358 g/mol. The molecule has 0 saturated heterocycles. The Balaban J connectivity index is 1.72. The summed E-state index contributed by atoms with van der Waals surface area (Å²) in [5.74, 6) is 0. The van der Waals surface area contributed by atoms with E-state index in [9.17, 15) is 0 Å². The Morgan fingerprint density at radius 2 is 1.16 bits per heavy atom. The highest BCUT2D eigenvalue weighted by atomic mass is 16.6. The molecule has 0 aliphatic heterocycles. The molecule has 0 aromatic heterocycles. The van der Waals surface area contributed by atoms with E-state index in [0.717, 1.165) is 5.56 Å². The van der Waals surface area contributed by atoms with Gasteiger partial charge in [0.15, 0.2) is 0 Å². The molecule has 0 bridgehead atoms. The second-order valence-corrected chi connectivity index (χ2v) is 5.29. The topological polar surface area (TPSA) is 86.6 Å². The van der Waals surface area contributed by atoms with Crippen LogP contribution in [0.3, 0.4) is 0 Å². The van der Waals surface area contributed by atoms with Crippen molar-refractivity contribution in [3.05, 3.63) is 35.9 Å². The van der Waals surface area contributed by atoms with Gasteiger partial charge in [0.05, 0.1) is 72.7 Å². The second-order valence-electron chi connectivity index (χ2n) is 5.29. The molecule has 0 spiro atoms. The van der Waals surface area contributed by atoms with E-state index in [1.54, 1.807) is 0 Å². The largest absolute Gasteiger partial charge is 0.394 e. The molecule has 0 amide bonds. The van der Waals surface area contributed by atoms with Crippen molar-refractivity contribution in [3.63, 3.8) is 0 Å². The Labute approximate surface area is 149 Å². The molecule has 0 unspecified atom stereocenters. The molecule has 0 radical (unpaired) electrons. The fourth-order valence-electron chi connectivity index (χ4n) is 1.81. The smallest absolute Gasteiger partial charge is 0.100 e. The third-order valence-electron chi connectivity index (χ3n) is 3.12. The highest BCUT2D eigenvalue weighted by Gasteiger charge is 2.00. The predicted molar refractivity (Wildman–Crippen MR) is 92.5 cm³/mol. The zero-order chi connectivity index (χ0) is 18.0. The van der Waals surface area contributed by atoms with Crippen LogP contribution in [0.5, 0.6) is 0 Å². The summed E-state index contributed by atoms with van der Waals surface area (Å²) in [5, 5.41) is 17.6. The van der Waals surface area contributed by atoms with Crippen LogP contribution in [-0.4, -0.2) is 82.4 Å². The number of hydrogen-bond donors (Lipinski definition) is 2. The quantitative estimate of drug-likeness (QED) is 0.395. The lowest BCUT2D eigenvalue weighted by Gasteiger charge is -2.09. The average Bonchev–Trinajstić information content (AvgIpc) is 2.65. The molecule has 0 aliphatic rings. The highest BCUT2D eigenvalue weighted by molar-refractivity contribution is 5.13. The summed E-state index contributed by atoms with van der Waals surface area (Å²) in [6.07, 6.45) is -0.827.